The molecular formula is C24H31ClN2O3. The smallest absolute Gasteiger partial charge is 0.261 e. The minimum atomic E-state index is -0.574. The van der Waals surface area contributed by atoms with E-state index in [0.717, 1.165) is 17.5 Å². The third kappa shape index (κ3) is 7.06. The molecule has 0 saturated carbocycles. The number of nitrogens with zero attached hydrogens (tertiary/aromatic N) is 1. The molecule has 0 aliphatic rings. The average Bonchev–Trinajstić information content (AvgIpc) is 2.71. The number of hydrogen-bond donors (Lipinski definition) is 1. The van der Waals surface area contributed by atoms with Gasteiger partial charge in [0.25, 0.3) is 5.91 Å². The molecule has 30 heavy (non-hydrogen) atoms. The molecule has 0 fully saturated rings. The molecule has 0 aliphatic heterocycles. The summed E-state index contributed by atoms with van der Waals surface area (Å²) in [5.41, 5.74) is 2.08. The van der Waals surface area contributed by atoms with Gasteiger partial charge < -0.3 is 15.0 Å². The number of carbonyl (C=O) groups is 2. The Bertz CT molecular complexity index is 856. The van der Waals surface area contributed by atoms with Crippen LogP contribution in [-0.2, 0) is 16.1 Å². The van der Waals surface area contributed by atoms with E-state index in [0.29, 0.717) is 23.7 Å². The molecule has 6 heteroatoms. The first-order valence-corrected chi connectivity index (χ1v) is 10.8. The van der Waals surface area contributed by atoms with E-state index in [1.54, 1.807) is 29.2 Å². The Labute approximate surface area is 184 Å². The lowest BCUT2D eigenvalue weighted by Crippen LogP contribution is -2.51. The van der Waals surface area contributed by atoms with Gasteiger partial charge in [0.2, 0.25) is 5.91 Å². The average molecular weight is 431 g/mol. The molecule has 0 bridgehead atoms. The zero-order valence-corrected chi connectivity index (χ0v) is 18.9. The summed E-state index contributed by atoms with van der Waals surface area (Å²) in [6.45, 7) is 8.06. The zero-order chi connectivity index (χ0) is 22.1. The molecule has 0 saturated heterocycles. The van der Waals surface area contributed by atoms with Gasteiger partial charge in [0, 0.05) is 17.6 Å². The molecule has 2 aromatic carbocycles. The van der Waals surface area contributed by atoms with E-state index >= 15 is 0 Å². The zero-order valence-electron chi connectivity index (χ0n) is 18.2. The molecule has 1 N–H and O–H groups in total. The number of rotatable bonds is 10. The van der Waals surface area contributed by atoms with Crippen LogP contribution in [0.1, 0.15) is 44.7 Å². The molecule has 0 spiro atoms. The van der Waals surface area contributed by atoms with Gasteiger partial charge in [-0.25, -0.2) is 0 Å². The fourth-order valence-corrected chi connectivity index (χ4v) is 3.33. The summed E-state index contributed by atoms with van der Waals surface area (Å²) in [5, 5.41) is 3.54. The van der Waals surface area contributed by atoms with E-state index in [9.17, 15) is 9.59 Å². The maximum Gasteiger partial charge on any atom is 0.261 e. The van der Waals surface area contributed by atoms with Gasteiger partial charge in [0.15, 0.2) is 6.61 Å². The van der Waals surface area contributed by atoms with E-state index in [4.69, 9.17) is 16.3 Å². The maximum atomic E-state index is 13.1. The lowest BCUT2D eigenvalue weighted by atomic mass is 10.1. The number of halogens is 1. The predicted molar refractivity (Wildman–Crippen MR) is 121 cm³/mol. The van der Waals surface area contributed by atoms with E-state index in [2.05, 4.69) is 5.32 Å². The third-order valence-corrected chi connectivity index (χ3v) is 5.22. The Balaban J connectivity index is 2.21. The van der Waals surface area contributed by atoms with Gasteiger partial charge in [-0.15, -0.1) is 0 Å². The number of ether oxygens (including phenoxy) is 1. The predicted octanol–water partition coefficient (Wildman–Crippen LogP) is 4.75. The highest BCUT2D eigenvalue weighted by atomic mass is 35.5. The quantitative estimate of drug-likeness (QED) is 0.591. The molecule has 2 amide bonds. The highest BCUT2D eigenvalue weighted by molar-refractivity contribution is 6.30. The largest absolute Gasteiger partial charge is 0.484 e. The number of carbonyl (C=O) groups excluding carboxylic acids is 2. The van der Waals surface area contributed by atoms with Crippen molar-refractivity contribution in [1.29, 1.82) is 0 Å². The topological polar surface area (TPSA) is 58.6 Å². The highest BCUT2D eigenvalue weighted by Gasteiger charge is 2.29. The Morgan fingerprint density at radius 3 is 2.47 bits per heavy atom. The molecule has 2 atom stereocenters. The third-order valence-electron chi connectivity index (χ3n) is 4.98. The van der Waals surface area contributed by atoms with Crippen molar-refractivity contribution in [2.24, 2.45) is 0 Å². The van der Waals surface area contributed by atoms with Crippen molar-refractivity contribution in [3.63, 3.8) is 0 Å². The number of nitrogens with one attached hydrogen (secondary N) is 1. The second-order valence-electron chi connectivity index (χ2n) is 7.50. The summed E-state index contributed by atoms with van der Waals surface area (Å²) < 4.78 is 5.66. The molecule has 0 aliphatic carbocycles. The molecule has 0 radical (unpaired) electrons. The standard InChI is InChI=1S/C24H31ClN2O3/c1-5-18(4)26-24(29)22(6-2)27(15-19-10-7-9-17(3)13-19)23(28)16-30-21-12-8-11-20(25)14-21/h7-14,18,22H,5-6,15-16H2,1-4H3,(H,26,29)/t18-,22+/m0/s1. The molecule has 5 nitrogen and oxygen atoms in total. The second-order valence-corrected chi connectivity index (χ2v) is 7.94. The Kier molecular flexibility index (Phi) is 9.18. The van der Waals surface area contributed by atoms with Crippen LogP contribution in [0.15, 0.2) is 48.5 Å². The SMILES string of the molecule is CC[C@H](C(=O)N[C@@H](C)CC)N(Cc1cccc(C)c1)C(=O)COc1cccc(Cl)c1. The van der Waals surface area contributed by atoms with Crippen LogP contribution in [0.5, 0.6) is 5.75 Å². The van der Waals surface area contributed by atoms with Crippen LogP contribution < -0.4 is 10.1 Å². The van der Waals surface area contributed by atoms with Crippen molar-refractivity contribution < 1.29 is 14.3 Å². The summed E-state index contributed by atoms with van der Waals surface area (Å²) in [4.78, 5) is 27.6. The minimum Gasteiger partial charge on any atom is -0.484 e. The summed E-state index contributed by atoms with van der Waals surface area (Å²) in [5.74, 6) is 0.127. The number of amides is 2. The van der Waals surface area contributed by atoms with Crippen LogP contribution in [-0.4, -0.2) is 35.4 Å². The van der Waals surface area contributed by atoms with Crippen LogP contribution in [0, 0.1) is 6.92 Å². The summed E-state index contributed by atoms with van der Waals surface area (Å²) >= 11 is 5.99. The molecule has 0 aromatic heterocycles. The Morgan fingerprint density at radius 1 is 1.10 bits per heavy atom. The van der Waals surface area contributed by atoms with Crippen molar-refractivity contribution in [1.82, 2.24) is 10.2 Å². The summed E-state index contributed by atoms with van der Waals surface area (Å²) in [6, 6.07) is 14.3. The first-order chi connectivity index (χ1) is 14.3. The monoisotopic (exact) mass is 430 g/mol. The van der Waals surface area contributed by atoms with Crippen molar-refractivity contribution in [2.75, 3.05) is 6.61 Å². The van der Waals surface area contributed by atoms with Crippen LogP contribution in [0.2, 0.25) is 5.02 Å². The number of aryl methyl sites for hydroxylation is 1. The van der Waals surface area contributed by atoms with Gasteiger partial charge in [-0.2, -0.15) is 0 Å². The first-order valence-electron chi connectivity index (χ1n) is 10.4. The highest BCUT2D eigenvalue weighted by Crippen LogP contribution is 2.18. The molecular weight excluding hydrogens is 400 g/mol. The van der Waals surface area contributed by atoms with Crippen molar-refractivity contribution >= 4 is 23.4 Å². The number of hydrogen-bond acceptors (Lipinski definition) is 3. The van der Waals surface area contributed by atoms with Crippen molar-refractivity contribution in [2.45, 2.75) is 59.2 Å². The Morgan fingerprint density at radius 2 is 1.83 bits per heavy atom. The molecule has 2 aromatic rings. The summed E-state index contributed by atoms with van der Waals surface area (Å²) in [7, 11) is 0. The van der Waals surface area contributed by atoms with Crippen LogP contribution in [0.25, 0.3) is 0 Å². The lowest BCUT2D eigenvalue weighted by molar-refractivity contribution is -0.143. The van der Waals surface area contributed by atoms with Crippen LogP contribution in [0.4, 0.5) is 0 Å². The van der Waals surface area contributed by atoms with Crippen LogP contribution in [0.3, 0.4) is 0 Å². The van der Waals surface area contributed by atoms with E-state index in [1.165, 1.54) is 0 Å². The van der Waals surface area contributed by atoms with Gasteiger partial charge in [0.1, 0.15) is 11.8 Å². The maximum absolute atomic E-state index is 13.1. The first kappa shape index (κ1) is 23.7. The molecule has 0 heterocycles. The van der Waals surface area contributed by atoms with E-state index in [1.807, 2.05) is 52.0 Å². The van der Waals surface area contributed by atoms with Crippen molar-refractivity contribution in [3.8, 4) is 5.75 Å². The van der Waals surface area contributed by atoms with Gasteiger partial charge in [-0.1, -0.05) is 61.3 Å². The molecule has 162 valence electrons. The van der Waals surface area contributed by atoms with Gasteiger partial charge >= 0.3 is 0 Å². The molecule has 2 rings (SSSR count). The van der Waals surface area contributed by atoms with Crippen LogP contribution >= 0.6 is 11.6 Å². The normalized spacial score (nSPS) is 12.7. The lowest BCUT2D eigenvalue weighted by Gasteiger charge is -2.31. The van der Waals surface area contributed by atoms with E-state index < -0.39 is 6.04 Å². The molecule has 0 unspecified atom stereocenters. The van der Waals surface area contributed by atoms with Gasteiger partial charge in [-0.05, 0) is 50.5 Å². The van der Waals surface area contributed by atoms with Crippen molar-refractivity contribution in [3.05, 3.63) is 64.7 Å². The van der Waals surface area contributed by atoms with Gasteiger partial charge in [-0.3, -0.25) is 9.59 Å². The minimum absolute atomic E-state index is 0.0465. The fraction of sp³-hybridized carbons (Fsp3) is 0.417. The van der Waals surface area contributed by atoms with Gasteiger partial charge in [0.05, 0.1) is 0 Å². The second kappa shape index (κ2) is 11.6. The fourth-order valence-electron chi connectivity index (χ4n) is 3.15. The van der Waals surface area contributed by atoms with E-state index in [-0.39, 0.29) is 24.5 Å². The summed E-state index contributed by atoms with van der Waals surface area (Å²) in [6.07, 6.45) is 1.34. The number of benzene rings is 2. The Hall–Kier alpha value is -2.53.